The zero-order chi connectivity index (χ0) is 10.7. The van der Waals surface area contributed by atoms with Gasteiger partial charge in [0.05, 0.1) is 0 Å². The van der Waals surface area contributed by atoms with Crippen molar-refractivity contribution in [3.63, 3.8) is 0 Å². The second-order valence-corrected chi connectivity index (χ2v) is 3.81. The number of hydrogen-bond donors (Lipinski definition) is 0. The SMILES string of the molecule is CC(C)c1ccccc1-c1ncccn1. The van der Waals surface area contributed by atoms with Crippen LogP contribution in [-0.4, -0.2) is 9.97 Å². The lowest BCUT2D eigenvalue weighted by Crippen LogP contribution is -1.95. The highest BCUT2D eigenvalue weighted by Crippen LogP contribution is 2.25. The average Bonchev–Trinajstić information content (AvgIpc) is 2.30. The highest BCUT2D eigenvalue weighted by molar-refractivity contribution is 5.60. The van der Waals surface area contributed by atoms with Crippen LogP contribution in [0.25, 0.3) is 11.4 Å². The molecule has 0 bridgehead atoms. The van der Waals surface area contributed by atoms with Gasteiger partial charge in [0.2, 0.25) is 0 Å². The maximum absolute atomic E-state index is 4.28. The third-order valence-corrected chi connectivity index (χ3v) is 2.39. The van der Waals surface area contributed by atoms with Gasteiger partial charge in [-0.2, -0.15) is 0 Å². The summed E-state index contributed by atoms with van der Waals surface area (Å²) in [6.07, 6.45) is 3.55. The van der Waals surface area contributed by atoms with E-state index in [4.69, 9.17) is 0 Å². The first kappa shape index (κ1) is 9.84. The standard InChI is InChI=1S/C13H14N2/c1-10(2)11-6-3-4-7-12(11)13-14-8-5-9-15-13/h3-10H,1-2H3. The zero-order valence-corrected chi connectivity index (χ0v) is 9.01. The van der Waals surface area contributed by atoms with Crippen LogP contribution in [0.4, 0.5) is 0 Å². The fraction of sp³-hybridized carbons (Fsp3) is 0.231. The van der Waals surface area contributed by atoms with Crippen LogP contribution in [0.1, 0.15) is 25.3 Å². The Labute approximate surface area is 90.0 Å². The lowest BCUT2D eigenvalue weighted by Gasteiger charge is -2.10. The van der Waals surface area contributed by atoms with Crippen molar-refractivity contribution >= 4 is 0 Å². The van der Waals surface area contributed by atoms with Gasteiger partial charge in [-0.05, 0) is 17.5 Å². The first-order valence-corrected chi connectivity index (χ1v) is 5.15. The summed E-state index contributed by atoms with van der Waals surface area (Å²) in [4.78, 5) is 8.56. The summed E-state index contributed by atoms with van der Waals surface area (Å²) in [7, 11) is 0. The first-order chi connectivity index (χ1) is 7.29. The normalized spacial score (nSPS) is 10.6. The number of aromatic nitrogens is 2. The Morgan fingerprint density at radius 3 is 2.27 bits per heavy atom. The molecule has 15 heavy (non-hydrogen) atoms. The lowest BCUT2D eigenvalue weighted by molar-refractivity contribution is 0.866. The van der Waals surface area contributed by atoms with Gasteiger partial charge >= 0.3 is 0 Å². The van der Waals surface area contributed by atoms with E-state index in [1.54, 1.807) is 12.4 Å². The lowest BCUT2D eigenvalue weighted by atomic mass is 9.97. The summed E-state index contributed by atoms with van der Waals surface area (Å²) in [6, 6.07) is 10.1. The minimum absolute atomic E-state index is 0.491. The molecule has 2 rings (SSSR count). The van der Waals surface area contributed by atoms with E-state index < -0.39 is 0 Å². The van der Waals surface area contributed by atoms with E-state index in [1.165, 1.54) is 5.56 Å². The van der Waals surface area contributed by atoms with Gasteiger partial charge in [0, 0.05) is 18.0 Å². The molecular formula is C13H14N2. The van der Waals surface area contributed by atoms with Gasteiger partial charge in [-0.1, -0.05) is 38.1 Å². The van der Waals surface area contributed by atoms with Gasteiger partial charge in [0.25, 0.3) is 0 Å². The van der Waals surface area contributed by atoms with Crippen molar-refractivity contribution in [2.24, 2.45) is 0 Å². The number of hydrogen-bond acceptors (Lipinski definition) is 2. The van der Waals surface area contributed by atoms with E-state index in [2.05, 4.69) is 42.0 Å². The monoisotopic (exact) mass is 198 g/mol. The second kappa shape index (κ2) is 4.22. The van der Waals surface area contributed by atoms with Crippen molar-refractivity contribution < 1.29 is 0 Å². The molecule has 0 N–H and O–H groups in total. The summed E-state index contributed by atoms with van der Waals surface area (Å²) >= 11 is 0. The maximum Gasteiger partial charge on any atom is 0.159 e. The average molecular weight is 198 g/mol. The van der Waals surface area contributed by atoms with Gasteiger partial charge in [0.1, 0.15) is 0 Å². The van der Waals surface area contributed by atoms with Gasteiger partial charge in [-0.15, -0.1) is 0 Å². The van der Waals surface area contributed by atoms with Crippen molar-refractivity contribution in [1.82, 2.24) is 9.97 Å². The molecule has 0 spiro atoms. The summed E-state index contributed by atoms with van der Waals surface area (Å²) < 4.78 is 0. The molecule has 0 saturated heterocycles. The Bertz CT molecular complexity index is 435. The molecule has 2 nitrogen and oxygen atoms in total. The molecule has 1 heterocycles. The number of rotatable bonds is 2. The molecule has 0 unspecified atom stereocenters. The Kier molecular flexibility index (Phi) is 2.77. The Morgan fingerprint density at radius 2 is 1.60 bits per heavy atom. The van der Waals surface area contributed by atoms with E-state index in [0.717, 1.165) is 11.4 Å². The number of benzene rings is 1. The topological polar surface area (TPSA) is 25.8 Å². The third-order valence-electron chi connectivity index (χ3n) is 2.39. The maximum atomic E-state index is 4.28. The van der Waals surface area contributed by atoms with E-state index in [1.807, 2.05) is 12.1 Å². The van der Waals surface area contributed by atoms with Crippen molar-refractivity contribution in [3.8, 4) is 11.4 Å². The smallest absolute Gasteiger partial charge is 0.159 e. The molecule has 0 atom stereocenters. The van der Waals surface area contributed by atoms with E-state index in [0.29, 0.717) is 5.92 Å². The zero-order valence-electron chi connectivity index (χ0n) is 9.01. The molecule has 0 amide bonds. The molecule has 0 saturated carbocycles. The highest BCUT2D eigenvalue weighted by Gasteiger charge is 2.08. The van der Waals surface area contributed by atoms with Gasteiger partial charge in [0.15, 0.2) is 5.82 Å². The molecule has 1 aromatic carbocycles. The van der Waals surface area contributed by atoms with Crippen LogP contribution in [-0.2, 0) is 0 Å². The van der Waals surface area contributed by atoms with E-state index >= 15 is 0 Å². The molecule has 0 aliphatic heterocycles. The highest BCUT2D eigenvalue weighted by atomic mass is 14.9. The fourth-order valence-electron chi connectivity index (χ4n) is 1.64. The van der Waals surface area contributed by atoms with Gasteiger partial charge < -0.3 is 0 Å². The van der Waals surface area contributed by atoms with Crippen LogP contribution >= 0.6 is 0 Å². The van der Waals surface area contributed by atoms with Gasteiger partial charge in [-0.3, -0.25) is 0 Å². The predicted molar refractivity (Wildman–Crippen MR) is 61.6 cm³/mol. The van der Waals surface area contributed by atoms with E-state index in [-0.39, 0.29) is 0 Å². The van der Waals surface area contributed by atoms with Crippen molar-refractivity contribution in [3.05, 3.63) is 48.3 Å². The minimum Gasteiger partial charge on any atom is -0.237 e. The number of nitrogens with zero attached hydrogens (tertiary/aromatic N) is 2. The fourth-order valence-corrected chi connectivity index (χ4v) is 1.64. The molecule has 0 aliphatic rings. The van der Waals surface area contributed by atoms with Crippen LogP contribution in [0.3, 0.4) is 0 Å². The Balaban J connectivity index is 2.53. The predicted octanol–water partition coefficient (Wildman–Crippen LogP) is 3.27. The summed E-state index contributed by atoms with van der Waals surface area (Å²) in [5.74, 6) is 1.30. The van der Waals surface area contributed by atoms with Crippen molar-refractivity contribution in [2.45, 2.75) is 19.8 Å². The van der Waals surface area contributed by atoms with Gasteiger partial charge in [-0.25, -0.2) is 9.97 Å². The Morgan fingerprint density at radius 1 is 0.933 bits per heavy atom. The van der Waals surface area contributed by atoms with Crippen LogP contribution in [0.5, 0.6) is 0 Å². The first-order valence-electron chi connectivity index (χ1n) is 5.15. The van der Waals surface area contributed by atoms with E-state index in [9.17, 15) is 0 Å². The summed E-state index contributed by atoms with van der Waals surface area (Å²) in [6.45, 7) is 4.36. The van der Waals surface area contributed by atoms with Crippen molar-refractivity contribution in [2.75, 3.05) is 0 Å². The molecule has 1 aromatic heterocycles. The molecule has 2 aromatic rings. The molecule has 0 aliphatic carbocycles. The van der Waals surface area contributed by atoms with Crippen LogP contribution in [0, 0.1) is 0 Å². The second-order valence-electron chi connectivity index (χ2n) is 3.81. The molecule has 0 fully saturated rings. The Hall–Kier alpha value is -1.70. The minimum atomic E-state index is 0.491. The molecule has 0 radical (unpaired) electrons. The summed E-state index contributed by atoms with van der Waals surface area (Å²) in [5, 5.41) is 0. The molecule has 2 heteroatoms. The third kappa shape index (κ3) is 2.04. The van der Waals surface area contributed by atoms with Crippen LogP contribution in [0.15, 0.2) is 42.7 Å². The molecular weight excluding hydrogens is 184 g/mol. The quantitative estimate of drug-likeness (QED) is 0.740. The largest absolute Gasteiger partial charge is 0.237 e. The van der Waals surface area contributed by atoms with Crippen molar-refractivity contribution in [1.29, 1.82) is 0 Å². The van der Waals surface area contributed by atoms with Crippen LogP contribution < -0.4 is 0 Å². The summed E-state index contributed by atoms with van der Waals surface area (Å²) in [5.41, 5.74) is 2.43. The molecule has 76 valence electrons. The van der Waals surface area contributed by atoms with Crippen LogP contribution in [0.2, 0.25) is 0 Å².